The average Bonchev–Trinajstić information content (AvgIpc) is 3.25. The maximum Gasteiger partial charge on any atom is 0.251 e. The van der Waals surface area contributed by atoms with Crippen LogP contribution in [0.1, 0.15) is 23.2 Å². The van der Waals surface area contributed by atoms with E-state index in [0.29, 0.717) is 12.1 Å². The lowest BCUT2D eigenvalue weighted by Crippen LogP contribution is -2.48. The van der Waals surface area contributed by atoms with E-state index in [9.17, 15) is 9.18 Å². The molecule has 0 aliphatic carbocycles. The zero-order valence-corrected chi connectivity index (χ0v) is 16.2. The Hall–Kier alpha value is -3.35. The quantitative estimate of drug-likeness (QED) is 0.693. The average molecular weight is 394 g/mol. The van der Waals surface area contributed by atoms with E-state index >= 15 is 0 Å². The summed E-state index contributed by atoms with van der Waals surface area (Å²) in [5, 5.41) is 10.5. The highest BCUT2D eigenvalue weighted by atomic mass is 19.1. The summed E-state index contributed by atoms with van der Waals surface area (Å²) < 4.78 is 18.3. The Balaban J connectivity index is 1.40. The Kier molecular flexibility index (Phi) is 5.46. The van der Waals surface area contributed by atoms with Crippen LogP contribution in [0, 0.1) is 5.82 Å². The summed E-state index contributed by atoms with van der Waals surface area (Å²) in [6.45, 7) is 1.57. The number of halogens is 1. The predicted octanol–water partition coefficient (Wildman–Crippen LogP) is 3.62. The molecule has 2 N–H and O–H groups in total. The number of amides is 1. The first-order valence-electron chi connectivity index (χ1n) is 9.63. The van der Waals surface area contributed by atoms with Crippen LogP contribution in [0.2, 0.25) is 0 Å². The van der Waals surface area contributed by atoms with Gasteiger partial charge in [0.05, 0.1) is 12.8 Å². The molecule has 29 heavy (non-hydrogen) atoms. The van der Waals surface area contributed by atoms with Crippen molar-refractivity contribution in [1.82, 2.24) is 15.5 Å². The minimum absolute atomic E-state index is 0.0457. The van der Waals surface area contributed by atoms with Gasteiger partial charge >= 0.3 is 0 Å². The summed E-state index contributed by atoms with van der Waals surface area (Å²) in [5.74, 6) is 1.20. The Labute approximate surface area is 168 Å². The van der Waals surface area contributed by atoms with Crippen molar-refractivity contribution in [1.29, 1.82) is 0 Å². The Morgan fingerprint density at radius 2 is 1.97 bits per heavy atom. The maximum absolute atomic E-state index is 13.1. The minimum Gasteiger partial charge on any atom is -0.497 e. The van der Waals surface area contributed by atoms with E-state index in [1.165, 1.54) is 12.1 Å². The molecule has 1 aliphatic rings. The molecule has 6 nitrogen and oxygen atoms in total. The molecule has 1 atom stereocenters. The molecule has 4 rings (SSSR count). The van der Waals surface area contributed by atoms with Crippen LogP contribution in [0.5, 0.6) is 5.75 Å². The first kappa shape index (κ1) is 19.0. The van der Waals surface area contributed by atoms with Crippen molar-refractivity contribution >= 4 is 11.7 Å². The van der Waals surface area contributed by atoms with Crippen molar-refractivity contribution in [3.8, 4) is 17.0 Å². The van der Waals surface area contributed by atoms with E-state index in [0.717, 1.165) is 42.2 Å². The maximum atomic E-state index is 13.1. The molecule has 0 spiro atoms. The highest BCUT2D eigenvalue weighted by Crippen LogP contribution is 2.24. The molecule has 0 saturated carbocycles. The second-order valence-electron chi connectivity index (χ2n) is 7.13. The molecule has 3 aromatic rings. The van der Waals surface area contributed by atoms with Crippen molar-refractivity contribution in [3.05, 3.63) is 66.0 Å². The van der Waals surface area contributed by atoms with Gasteiger partial charge in [-0.05, 0) is 66.9 Å². The van der Waals surface area contributed by atoms with Crippen LogP contribution in [-0.2, 0) is 0 Å². The number of piperidine rings is 1. The third kappa shape index (κ3) is 4.39. The molecule has 0 radical (unpaired) electrons. The van der Waals surface area contributed by atoms with E-state index in [1.807, 2.05) is 6.07 Å². The molecule has 0 bridgehead atoms. The van der Waals surface area contributed by atoms with Crippen molar-refractivity contribution in [2.24, 2.45) is 0 Å². The monoisotopic (exact) mass is 394 g/mol. The van der Waals surface area contributed by atoms with Crippen LogP contribution < -0.4 is 15.0 Å². The molecular weight excluding hydrogens is 371 g/mol. The van der Waals surface area contributed by atoms with Gasteiger partial charge in [0.25, 0.3) is 5.91 Å². The Morgan fingerprint density at radius 1 is 1.21 bits per heavy atom. The molecule has 1 amide bonds. The lowest BCUT2D eigenvalue weighted by Gasteiger charge is -2.33. The summed E-state index contributed by atoms with van der Waals surface area (Å²) in [4.78, 5) is 14.7. The second kappa shape index (κ2) is 8.34. The topological polar surface area (TPSA) is 70.2 Å². The summed E-state index contributed by atoms with van der Waals surface area (Å²) >= 11 is 0. The second-order valence-corrected chi connectivity index (χ2v) is 7.13. The number of nitrogens with zero attached hydrogens (tertiary/aromatic N) is 2. The van der Waals surface area contributed by atoms with Crippen molar-refractivity contribution in [2.45, 2.75) is 18.9 Å². The van der Waals surface area contributed by atoms with Gasteiger partial charge < -0.3 is 15.0 Å². The number of rotatable bonds is 5. The van der Waals surface area contributed by atoms with Crippen LogP contribution in [0.25, 0.3) is 11.3 Å². The fourth-order valence-electron chi connectivity index (χ4n) is 3.56. The van der Waals surface area contributed by atoms with Crippen LogP contribution >= 0.6 is 0 Å². The number of carbonyl (C=O) groups excluding carboxylic acids is 1. The van der Waals surface area contributed by atoms with E-state index in [-0.39, 0.29) is 17.8 Å². The highest BCUT2D eigenvalue weighted by molar-refractivity contribution is 5.94. The number of H-pyrrole nitrogens is 1. The normalized spacial score (nSPS) is 16.5. The number of aromatic amines is 1. The molecule has 1 aromatic heterocycles. The smallest absolute Gasteiger partial charge is 0.251 e. The number of aromatic nitrogens is 2. The fraction of sp³-hybridized carbons (Fsp3) is 0.273. The summed E-state index contributed by atoms with van der Waals surface area (Å²) in [6, 6.07) is 15.4. The lowest BCUT2D eigenvalue weighted by atomic mass is 10.0. The SMILES string of the molecule is COc1ccc(C(=O)N[C@@H]2CCCN(c3cc(-c4ccc(F)cc4)[nH]n3)C2)cc1. The number of benzene rings is 2. The molecule has 0 unspecified atom stereocenters. The number of hydrogen-bond acceptors (Lipinski definition) is 4. The molecular formula is C22H23FN4O2. The van der Waals surface area contributed by atoms with E-state index in [4.69, 9.17) is 4.74 Å². The van der Waals surface area contributed by atoms with Gasteiger partial charge in [0.2, 0.25) is 0 Å². The van der Waals surface area contributed by atoms with Gasteiger partial charge in [-0.25, -0.2) is 4.39 Å². The zero-order valence-electron chi connectivity index (χ0n) is 16.2. The van der Waals surface area contributed by atoms with Gasteiger partial charge in [-0.2, -0.15) is 5.10 Å². The number of methoxy groups -OCH3 is 1. The van der Waals surface area contributed by atoms with Gasteiger partial charge in [-0.3, -0.25) is 9.89 Å². The Morgan fingerprint density at radius 3 is 2.69 bits per heavy atom. The third-order valence-electron chi connectivity index (χ3n) is 5.15. The minimum atomic E-state index is -0.264. The largest absolute Gasteiger partial charge is 0.497 e. The standard InChI is InChI=1S/C22H23FN4O2/c1-29-19-10-6-16(7-11-19)22(28)24-18-3-2-12-27(14-18)21-13-20(25-26-21)15-4-8-17(23)9-5-15/h4-11,13,18H,2-3,12,14H2,1H3,(H,24,28)(H,25,26)/t18-/m1/s1. The summed E-state index contributed by atoms with van der Waals surface area (Å²) in [7, 11) is 1.60. The molecule has 2 aromatic carbocycles. The van der Waals surface area contributed by atoms with Gasteiger partial charge in [-0.15, -0.1) is 0 Å². The van der Waals surface area contributed by atoms with Gasteiger partial charge in [0.15, 0.2) is 5.82 Å². The zero-order chi connectivity index (χ0) is 20.2. The third-order valence-corrected chi connectivity index (χ3v) is 5.15. The molecule has 1 aliphatic heterocycles. The lowest BCUT2D eigenvalue weighted by molar-refractivity contribution is 0.0933. The first-order chi connectivity index (χ1) is 14.1. The fourth-order valence-corrected chi connectivity index (χ4v) is 3.56. The van der Waals surface area contributed by atoms with Crippen LogP contribution in [0.15, 0.2) is 54.6 Å². The van der Waals surface area contributed by atoms with E-state index in [2.05, 4.69) is 20.4 Å². The first-order valence-corrected chi connectivity index (χ1v) is 9.63. The van der Waals surface area contributed by atoms with Gasteiger partial charge in [0, 0.05) is 30.8 Å². The number of hydrogen-bond donors (Lipinski definition) is 2. The number of ether oxygens (including phenoxy) is 1. The van der Waals surface area contributed by atoms with Crippen molar-refractivity contribution < 1.29 is 13.9 Å². The molecule has 150 valence electrons. The number of nitrogens with one attached hydrogen (secondary N) is 2. The predicted molar refractivity (Wildman–Crippen MR) is 110 cm³/mol. The molecule has 1 fully saturated rings. The van der Waals surface area contributed by atoms with Crippen LogP contribution in [-0.4, -0.2) is 42.3 Å². The van der Waals surface area contributed by atoms with Crippen LogP contribution in [0.4, 0.5) is 10.2 Å². The Bertz CT molecular complexity index is 969. The van der Waals surface area contributed by atoms with Crippen molar-refractivity contribution in [3.63, 3.8) is 0 Å². The molecule has 1 saturated heterocycles. The number of anilines is 1. The van der Waals surface area contributed by atoms with Gasteiger partial charge in [-0.1, -0.05) is 0 Å². The highest BCUT2D eigenvalue weighted by Gasteiger charge is 2.23. The van der Waals surface area contributed by atoms with Gasteiger partial charge in [0.1, 0.15) is 11.6 Å². The van der Waals surface area contributed by atoms with E-state index < -0.39 is 0 Å². The number of carbonyl (C=O) groups is 1. The van der Waals surface area contributed by atoms with Crippen molar-refractivity contribution in [2.75, 3.05) is 25.1 Å². The summed E-state index contributed by atoms with van der Waals surface area (Å²) in [6.07, 6.45) is 1.89. The van der Waals surface area contributed by atoms with Crippen LogP contribution in [0.3, 0.4) is 0 Å². The summed E-state index contributed by atoms with van der Waals surface area (Å²) in [5.41, 5.74) is 2.33. The molecule has 2 heterocycles. The van der Waals surface area contributed by atoms with E-state index in [1.54, 1.807) is 43.5 Å². The molecule has 7 heteroatoms.